The number of piperidine rings is 1. The van der Waals surface area contributed by atoms with E-state index < -0.39 is 0 Å². The lowest BCUT2D eigenvalue weighted by Crippen LogP contribution is -2.44. The van der Waals surface area contributed by atoms with E-state index >= 15 is 0 Å². The predicted molar refractivity (Wildman–Crippen MR) is 99.7 cm³/mol. The maximum atomic E-state index is 12.7. The molecular weight excluding hydrogens is 344 g/mol. The molecule has 1 fully saturated rings. The van der Waals surface area contributed by atoms with Gasteiger partial charge in [0.1, 0.15) is 12.2 Å². The van der Waals surface area contributed by atoms with Gasteiger partial charge in [-0.15, -0.1) is 0 Å². The first-order chi connectivity index (χ1) is 13.1. The Labute approximate surface area is 159 Å². The molecule has 0 saturated carbocycles. The maximum absolute atomic E-state index is 12.7. The van der Waals surface area contributed by atoms with Crippen molar-refractivity contribution in [3.63, 3.8) is 0 Å². The number of nitrogens with zero attached hydrogens (tertiary/aromatic N) is 5. The topological polar surface area (TPSA) is 93.0 Å². The van der Waals surface area contributed by atoms with Crippen molar-refractivity contribution in [3.8, 4) is 0 Å². The van der Waals surface area contributed by atoms with Gasteiger partial charge >= 0.3 is 0 Å². The second-order valence-corrected chi connectivity index (χ2v) is 6.71. The first-order valence-corrected chi connectivity index (χ1v) is 9.51. The SMILES string of the molecule is CCC(NC(=O)C1CCN(C(=O)c2ccncc2)CC1)c1ncnn1CC. The quantitative estimate of drug-likeness (QED) is 0.837. The van der Waals surface area contributed by atoms with Crippen LogP contribution in [0.1, 0.15) is 55.3 Å². The van der Waals surface area contributed by atoms with Crippen LogP contribution in [0, 0.1) is 5.92 Å². The average Bonchev–Trinajstić information content (AvgIpc) is 3.20. The molecule has 1 aliphatic rings. The van der Waals surface area contributed by atoms with Gasteiger partial charge in [0.2, 0.25) is 5.91 Å². The van der Waals surface area contributed by atoms with Crippen molar-refractivity contribution in [3.05, 3.63) is 42.2 Å². The number of nitrogens with one attached hydrogen (secondary N) is 1. The van der Waals surface area contributed by atoms with Gasteiger partial charge in [-0.25, -0.2) is 9.67 Å². The zero-order valence-electron chi connectivity index (χ0n) is 15.8. The standard InChI is InChI=1S/C19H26N6O2/c1-3-16(17-21-13-22-25(17)4-2)23-18(26)14-7-11-24(12-8-14)19(27)15-5-9-20-10-6-15/h5-6,9-10,13-14,16H,3-4,7-8,11-12H2,1-2H3,(H,23,26). The van der Waals surface area contributed by atoms with Crippen molar-refractivity contribution in [2.24, 2.45) is 5.92 Å². The summed E-state index contributed by atoms with van der Waals surface area (Å²) >= 11 is 0. The Morgan fingerprint density at radius 3 is 2.56 bits per heavy atom. The molecule has 27 heavy (non-hydrogen) atoms. The number of hydrogen-bond donors (Lipinski definition) is 1. The van der Waals surface area contributed by atoms with E-state index in [1.54, 1.807) is 24.5 Å². The summed E-state index contributed by atoms with van der Waals surface area (Å²) in [5, 5.41) is 7.30. The fraction of sp³-hybridized carbons (Fsp3) is 0.526. The van der Waals surface area contributed by atoms with Gasteiger partial charge in [-0.1, -0.05) is 6.92 Å². The van der Waals surface area contributed by atoms with E-state index in [1.165, 1.54) is 6.33 Å². The van der Waals surface area contributed by atoms with Gasteiger partial charge in [-0.3, -0.25) is 14.6 Å². The Morgan fingerprint density at radius 1 is 1.22 bits per heavy atom. The van der Waals surface area contributed by atoms with E-state index in [2.05, 4.69) is 20.4 Å². The van der Waals surface area contributed by atoms with Crippen molar-refractivity contribution in [1.82, 2.24) is 30.0 Å². The van der Waals surface area contributed by atoms with Crippen molar-refractivity contribution in [2.45, 2.75) is 45.7 Å². The zero-order chi connectivity index (χ0) is 19.2. The normalized spacial score (nSPS) is 16.1. The molecule has 2 amide bonds. The summed E-state index contributed by atoms with van der Waals surface area (Å²) in [6.45, 7) is 5.91. The fourth-order valence-electron chi connectivity index (χ4n) is 3.45. The van der Waals surface area contributed by atoms with Crippen LogP contribution in [0.15, 0.2) is 30.9 Å². The lowest BCUT2D eigenvalue weighted by molar-refractivity contribution is -0.127. The van der Waals surface area contributed by atoms with Crippen molar-refractivity contribution >= 4 is 11.8 Å². The summed E-state index contributed by atoms with van der Waals surface area (Å²) in [5.74, 6) is 0.736. The number of aryl methyl sites for hydroxylation is 1. The lowest BCUT2D eigenvalue weighted by Gasteiger charge is -2.32. The van der Waals surface area contributed by atoms with E-state index in [9.17, 15) is 9.59 Å². The molecular formula is C19H26N6O2. The Bertz CT molecular complexity index is 768. The molecule has 0 radical (unpaired) electrons. The molecule has 144 valence electrons. The third kappa shape index (κ3) is 4.32. The summed E-state index contributed by atoms with van der Waals surface area (Å²) < 4.78 is 1.81. The average molecular weight is 370 g/mol. The van der Waals surface area contributed by atoms with E-state index in [-0.39, 0.29) is 23.8 Å². The van der Waals surface area contributed by atoms with Crippen molar-refractivity contribution < 1.29 is 9.59 Å². The molecule has 8 heteroatoms. The van der Waals surface area contributed by atoms with Crippen LogP contribution in [-0.2, 0) is 11.3 Å². The Hall–Kier alpha value is -2.77. The van der Waals surface area contributed by atoms with Gasteiger partial charge in [-0.05, 0) is 38.3 Å². The molecule has 0 bridgehead atoms. The monoisotopic (exact) mass is 370 g/mol. The third-order valence-electron chi connectivity index (χ3n) is 5.06. The van der Waals surface area contributed by atoms with Crippen LogP contribution >= 0.6 is 0 Å². The van der Waals surface area contributed by atoms with Crippen LogP contribution < -0.4 is 5.32 Å². The molecule has 3 rings (SSSR count). The van der Waals surface area contributed by atoms with Crippen LogP contribution in [0.2, 0.25) is 0 Å². The number of pyridine rings is 1. The molecule has 1 aliphatic heterocycles. The minimum atomic E-state index is -0.142. The van der Waals surface area contributed by atoms with E-state index in [1.807, 2.05) is 23.4 Å². The second kappa shape index (κ2) is 8.75. The number of amides is 2. The van der Waals surface area contributed by atoms with E-state index in [0.717, 1.165) is 18.8 Å². The van der Waals surface area contributed by atoms with Gasteiger partial charge in [0.15, 0.2) is 0 Å². The molecule has 8 nitrogen and oxygen atoms in total. The smallest absolute Gasteiger partial charge is 0.253 e. The van der Waals surface area contributed by atoms with Crippen molar-refractivity contribution in [1.29, 1.82) is 0 Å². The van der Waals surface area contributed by atoms with Crippen LogP contribution in [0.5, 0.6) is 0 Å². The summed E-state index contributed by atoms with van der Waals surface area (Å²) in [7, 11) is 0. The summed E-state index contributed by atoms with van der Waals surface area (Å²) in [6, 6.07) is 3.30. The second-order valence-electron chi connectivity index (χ2n) is 6.71. The highest BCUT2D eigenvalue weighted by Gasteiger charge is 2.29. The van der Waals surface area contributed by atoms with Gasteiger partial charge in [0.25, 0.3) is 5.91 Å². The molecule has 2 aromatic heterocycles. The molecule has 0 spiro atoms. The summed E-state index contributed by atoms with van der Waals surface area (Å²) in [4.78, 5) is 35.3. The Morgan fingerprint density at radius 2 is 1.93 bits per heavy atom. The largest absolute Gasteiger partial charge is 0.346 e. The highest BCUT2D eigenvalue weighted by atomic mass is 16.2. The third-order valence-corrected chi connectivity index (χ3v) is 5.06. The minimum Gasteiger partial charge on any atom is -0.346 e. The molecule has 0 aromatic carbocycles. The molecule has 2 aromatic rings. The molecule has 1 saturated heterocycles. The van der Waals surface area contributed by atoms with Crippen LogP contribution in [0.4, 0.5) is 0 Å². The Balaban J connectivity index is 1.56. The number of hydrogen-bond acceptors (Lipinski definition) is 5. The number of carbonyl (C=O) groups excluding carboxylic acids is 2. The maximum Gasteiger partial charge on any atom is 0.253 e. The first kappa shape index (κ1) is 19.0. The van der Waals surface area contributed by atoms with Crippen LogP contribution in [0.3, 0.4) is 0 Å². The Kier molecular flexibility index (Phi) is 6.16. The number of rotatable bonds is 6. The number of likely N-dealkylation sites (tertiary alicyclic amines) is 1. The first-order valence-electron chi connectivity index (χ1n) is 9.51. The fourth-order valence-corrected chi connectivity index (χ4v) is 3.45. The predicted octanol–water partition coefficient (Wildman–Crippen LogP) is 1.81. The molecule has 1 unspecified atom stereocenters. The molecule has 0 aliphatic carbocycles. The molecule has 3 heterocycles. The van der Waals surface area contributed by atoms with Gasteiger partial charge in [-0.2, -0.15) is 5.10 Å². The zero-order valence-corrected chi connectivity index (χ0v) is 15.8. The molecule has 1 atom stereocenters. The highest BCUT2D eigenvalue weighted by Crippen LogP contribution is 2.21. The van der Waals surface area contributed by atoms with Gasteiger partial charge in [0.05, 0.1) is 6.04 Å². The number of carbonyl (C=O) groups is 2. The van der Waals surface area contributed by atoms with Crippen LogP contribution in [-0.4, -0.2) is 49.6 Å². The number of aromatic nitrogens is 4. The molecule has 1 N–H and O–H groups in total. The summed E-state index contributed by atoms with van der Waals surface area (Å²) in [5.41, 5.74) is 0.637. The minimum absolute atomic E-state index is 0.00117. The van der Waals surface area contributed by atoms with E-state index in [0.29, 0.717) is 31.5 Å². The van der Waals surface area contributed by atoms with Crippen LogP contribution in [0.25, 0.3) is 0 Å². The van der Waals surface area contributed by atoms with Crippen molar-refractivity contribution in [2.75, 3.05) is 13.1 Å². The lowest BCUT2D eigenvalue weighted by atomic mass is 9.95. The summed E-state index contributed by atoms with van der Waals surface area (Å²) in [6.07, 6.45) is 6.85. The van der Waals surface area contributed by atoms with E-state index in [4.69, 9.17) is 0 Å². The highest BCUT2D eigenvalue weighted by molar-refractivity contribution is 5.94. The van der Waals surface area contributed by atoms with Gasteiger partial charge < -0.3 is 10.2 Å². The van der Waals surface area contributed by atoms with Gasteiger partial charge in [0, 0.05) is 43.5 Å².